The monoisotopic (exact) mass is 387 g/mol. The van der Waals surface area contributed by atoms with E-state index in [0.29, 0.717) is 11.8 Å². The standard InChI is InChI=1S/C25H25NOS/c1-19(2)21-14-16-22(17-15-21)26-25(27-23-10-6-4-7-11-23)20(3)18-28-24-12-8-5-9-13-24/h4-19H,1-3H3. The topological polar surface area (TPSA) is 21.6 Å². The van der Waals surface area contributed by atoms with E-state index in [1.165, 1.54) is 10.5 Å². The summed E-state index contributed by atoms with van der Waals surface area (Å²) < 4.78 is 6.11. The molecule has 0 saturated heterocycles. The average Bonchev–Trinajstić information content (AvgIpc) is 2.73. The second-order valence-electron chi connectivity index (χ2n) is 6.81. The number of nitrogens with zero attached hydrogens (tertiary/aromatic N) is 1. The van der Waals surface area contributed by atoms with E-state index >= 15 is 0 Å². The van der Waals surface area contributed by atoms with Crippen LogP contribution in [0.2, 0.25) is 0 Å². The van der Waals surface area contributed by atoms with Crippen LogP contribution < -0.4 is 4.74 Å². The molecule has 0 atom stereocenters. The van der Waals surface area contributed by atoms with Gasteiger partial charge in [0.15, 0.2) is 0 Å². The van der Waals surface area contributed by atoms with Crippen LogP contribution in [-0.4, -0.2) is 5.90 Å². The van der Waals surface area contributed by atoms with Crippen LogP contribution in [0.25, 0.3) is 0 Å². The van der Waals surface area contributed by atoms with Crippen LogP contribution in [0, 0.1) is 0 Å². The molecule has 0 bridgehead atoms. The highest BCUT2D eigenvalue weighted by Gasteiger charge is 2.08. The van der Waals surface area contributed by atoms with Gasteiger partial charge in [-0.05, 0) is 60.2 Å². The highest BCUT2D eigenvalue weighted by molar-refractivity contribution is 8.02. The van der Waals surface area contributed by atoms with E-state index in [0.717, 1.165) is 17.0 Å². The minimum absolute atomic E-state index is 0.502. The zero-order chi connectivity index (χ0) is 19.8. The highest BCUT2D eigenvalue weighted by Crippen LogP contribution is 2.24. The molecular formula is C25H25NOS. The summed E-state index contributed by atoms with van der Waals surface area (Å²) >= 11 is 1.66. The molecule has 0 aliphatic heterocycles. The minimum Gasteiger partial charge on any atom is -0.439 e. The van der Waals surface area contributed by atoms with Gasteiger partial charge in [0.1, 0.15) is 5.75 Å². The summed E-state index contributed by atoms with van der Waals surface area (Å²) in [7, 11) is 0. The second kappa shape index (κ2) is 9.95. The SMILES string of the molecule is CC(=CSc1ccccc1)C(=Nc1ccc(C(C)C)cc1)Oc1ccccc1. The number of thioether (sulfide) groups is 1. The van der Waals surface area contributed by atoms with Crippen molar-refractivity contribution < 1.29 is 4.74 Å². The second-order valence-corrected chi connectivity index (χ2v) is 7.75. The van der Waals surface area contributed by atoms with Crippen molar-refractivity contribution in [1.29, 1.82) is 0 Å². The summed E-state index contributed by atoms with van der Waals surface area (Å²) in [6.07, 6.45) is 0. The van der Waals surface area contributed by atoms with Crippen molar-refractivity contribution >= 4 is 23.3 Å². The van der Waals surface area contributed by atoms with Gasteiger partial charge < -0.3 is 4.74 Å². The molecule has 0 unspecified atom stereocenters. The van der Waals surface area contributed by atoms with Crippen LogP contribution in [0.3, 0.4) is 0 Å². The molecule has 28 heavy (non-hydrogen) atoms. The Morgan fingerprint density at radius 1 is 0.857 bits per heavy atom. The maximum atomic E-state index is 6.11. The first-order valence-electron chi connectivity index (χ1n) is 9.42. The van der Waals surface area contributed by atoms with Gasteiger partial charge in [0.25, 0.3) is 0 Å². The largest absolute Gasteiger partial charge is 0.439 e. The quantitative estimate of drug-likeness (QED) is 0.246. The molecular weight excluding hydrogens is 362 g/mol. The molecule has 0 heterocycles. The summed E-state index contributed by atoms with van der Waals surface area (Å²) in [5.41, 5.74) is 3.16. The van der Waals surface area contributed by atoms with Crippen molar-refractivity contribution in [2.24, 2.45) is 4.99 Å². The van der Waals surface area contributed by atoms with Gasteiger partial charge in [0.05, 0.1) is 5.69 Å². The zero-order valence-electron chi connectivity index (χ0n) is 16.5. The number of benzene rings is 3. The predicted octanol–water partition coefficient (Wildman–Crippen LogP) is 7.62. The Morgan fingerprint density at radius 2 is 1.46 bits per heavy atom. The van der Waals surface area contributed by atoms with Crippen molar-refractivity contribution in [2.75, 3.05) is 0 Å². The molecule has 3 rings (SSSR count). The Kier molecular flexibility index (Phi) is 7.10. The summed E-state index contributed by atoms with van der Waals surface area (Å²) in [6, 6.07) is 28.4. The number of hydrogen-bond acceptors (Lipinski definition) is 3. The summed E-state index contributed by atoms with van der Waals surface area (Å²) in [4.78, 5) is 5.96. The van der Waals surface area contributed by atoms with Gasteiger partial charge in [-0.15, -0.1) is 0 Å². The Bertz CT molecular complexity index is 929. The Hall–Kier alpha value is -2.78. The van der Waals surface area contributed by atoms with E-state index in [4.69, 9.17) is 9.73 Å². The first kappa shape index (κ1) is 20.0. The number of ether oxygens (including phenoxy) is 1. The van der Waals surface area contributed by atoms with E-state index in [2.05, 4.69) is 43.5 Å². The minimum atomic E-state index is 0.502. The van der Waals surface area contributed by atoms with Gasteiger partial charge in [-0.3, -0.25) is 0 Å². The molecule has 0 radical (unpaired) electrons. The zero-order valence-corrected chi connectivity index (χ0v) is 17.3. The van der Waals surface area contributed by atoms with Gasteiger partial charge in [-0.25, -0.2) is 4.99 Å². The number of para-hydroxylation sites is 1. The molecule has 0 fully saturated rings. The van der Waals surface area contributed by atoms with Crippen molar-refractivity contribution in [2.45, 2.75) is 31.6 Å². The molecule has 142 valence electrons. The van der Waals surface area contributed by atoms with E-state index in [9.17, 15) is 0 Å². The Balaban J connectivity index is 1.87. The van der Waals surface area contributed by atoms with Gasteiger partial charge in [-0.1, -0.05) is 74.1 Å². The molecule has 0 aliphatic carbocycles. The lowest BCUT2D eigenvalue weighted by molar-refractivity contribution is 0.551. The van der Waals surface area contributed by atoms with Crippen LogP contribution in [0.5, 0.6) is 5.75 Å². The number of hydrogen-bond donors (Lipinski definition) is 0. The third kappa shape index (κ3) is 5.86. The van der Waals surface area contributed by atoms with Gasteiger partial charge in [-0.2, -0.15) is 0 Å². The fourth-order valence-corrected chi connectivity index (χ4v) is 3.28. The smallest absolute Gasteiger partial charge is 0.223 e. The van der Waals surface area contributed by atoms with Crippen molar-refractivity contribution in [1.82, 2.24) is 0 Å². The highest BCUT2D eigenvalue weighted by atomic mass is 32.2. The number of aliphatic imine (C=N–C) groups is 1. The molecule has 0 saturated carbocycles. The van der Waals surface area contributed by atoms with Crippen molar-refractivity contribution in [3.05, 3.63) is 101 Å². The van der Waals surface area contributed by atoms with E-state index in [1.807, 2.05) is 67.6 Å². The molecule has 2 nitrogen and oxygen atoms in total. The normalized spacial score (nSPS) is 12.3. The van der Waals surface area contributed by atoms with Crippen LogP contribution in [-0.2, 0) is 0 Å². The summed E-state index contributed by atoms with van der Waals surface area (Å²) in [5, 5.41) is 2.08. The summed E-state index contributed by atoms with van der Waals surface area (Å²) in [5.74, 6) is 1.88. The molecule has 0 amide bonds. The third-order valence-corrected chi connectivity index (χ3v) is 5.22. The lowest BCUT2D eigenvalue weighted by Gasteiger charge is -2.10. The molecule has 0 spiro atoms. The third-order valence-electron chi connectivity index (χ3n) is 4.20. The molecule has 3 aromatic carbocycles. The lowest BCUT2D eigenvalue weighted by Crippen LogP contribution is -2.09. The first-order chi connectivity index (χ1) is 13.6. The van der Waals surface area contributed by atoms with Crippen LogP contribution in [0.15, 0.2) is 106 Å². The lowest BCUT2D eigenvalue weighted by atomic mass is 10.0. The molecule has 3 aromatic rings. The van der Waals surface area contributed by atoms with Crippen molar-refractivity contribution in [3.8, 4) is 5.75 Å². The first-order valence-corrected chi connectivity index (χ1v) is 10.3. The average molecular weight is 388 g/mol. The molecule has 3 heteroatoms. The van der Waals surface area contributed by atoms with Gasteiger partial charge >= 0.3 is 0 Å². The Morgan fingerprint density at radius 3 is 2.07 bits per heavy atom. The number of rotatable bonds is 6. The predicted molar refractivity (Wildman–Crippen MR) is 121 cm³/mol. The van der Waals surface area contributed by atoms with Crippen molar-refractivity contribution in [3.63, 3.8) is 0 Å². The maximum absolute atomic E-state index is 6.11. The van der Waals surface area contributed by atoms with Crippen LogP contribution in [0.1, 0.15) is 32.3 Å². The van der Waals surface area contributed by atoms with E-state index in [-0.39, 0.29) is 0 Å². The molecule has 0 N–H and O–H groups in total. The molecule has 0 aliphatic rings. The van der Waals surface area contributed by atoms with E-state index in [1.54, 1.807) is 11.8 Å². The van der Waals surface area contributed by atoms with Crippen LogP contribution >= 0.6 is 11.8 Å². The van der Waals surface area contributed by atoms with Crippen LogP contribution in [0.4, 0.5) is 5.69 Å². The fraction of sp³-hybridized carbons (Fsp3) is 0.160. The summed E-state index contributed by atoms with van der Waals surface area (Å²) in [6.45, 7) is 6.41. The van der Waals surface area contributed by atoms with E-state index < -0.39 is 0 Å². The van der Waals surface area contributed by atoms with Gasteiger partial charge in [0.2, 0.25) is 5.90 Å². The van der Waals surface area contributed by atoms with Gasteiger partial charge in [0, 0.05) is 10.5 Å². The fourth-order valence-electron chi connectivity index (χ4n) is 2.55. The maximum Gasteiger partial charge on any atom is 0.223 e. The molecule has 0 aromatic heterocycles. The Labute approximate surface area is 172 Å².